The van der Waals surface area contributed by atoms with Gasteiger partial charge in [0.25, 0.3) is 0 Å². The molecule has 0 saturated carbocycles. The normalized spacial score (nSPS) is 18.2. The fourth-order valence-corrected chi connectivity index (χ4v) is 4.89. The van der Waals surface area contributed by atoms with E-state index in [1.165, 1.54) is 20.2 Å². The van der Waals surface area contributed by atoms with Gasteiger partial charge in [-0.05, 0) is 24.6 Å². The Labute approximate surface area is 148 Å². The molecule has 2 rings (SSSR count). The van der Waals surface area contributed by atoms with Crippen LogP contribution in [-0.4, -0.2) is 77.2 Å². The molecule has 1 saturated heterocycles. The summed E-state index contributed by atoms with van der Waals surface area (Å²) in [5.41, 5.74) is 0.980. The summed E-state index contributed by atoms with van der Waals surface area (Å²) < 4.78 is 48.6. The molecule has 0 aromatic heterocycles. The maximum atomic E-state index is 12.3. The molecule has 0 aliphatic carbocycles. The van der Waals surface area contributed by atoms with Crippen molar-refractivity contribution in [3.8, 4) is 0 Å². The molecule has 1 aliphatic heterocycles. The smallest absolute Gasteiger partial charge is 0.242 e. The van der Waals surface area contributed by atoms with Crippen molar-refractivity contribution in [2.24, 2.45) is 0 Å². The summed E-state index contributed by atoms with van der Waals surface area (Å²) in [7, 11) is -3.69. The lowest BCUT2D eigenvalue weighted by Gasteiger charge is -2.25. The standard InChI is InChI=1S/C15H23N3O5S2/c1-12-4-5-13(10-14(12)25(22,23)17(2)3)16-15(19)11-18-6-8-24(20,21)9-7-18/h4-5,10H,6-9,11H2,1-3H3,(H,16,19). The first-order chi connectivity index (χ1) is 11.5. The van der Waals surface area contributed by atoms with Gasteiger partial charge >= 0.3 is 0 Å². The highest BCUT2D eigenvalue weighted by molar-refractivity contribution is 7.91. The number of nitrogens with one attached hydrogen (secondary N) is 1. The topological polar surface area (TPSA) is 104 Å². The molecule has 1 fully saturated rings. The zero-order valence-corrected chi connectivity index (χ0v) is 16.2. The maximum absolute atomic E-state index is 12.3. The Morgan fingerprint density at radius 1 is 1.24 bits per heavy atom. The SMILES string of the molecule is Cc1ccc(NC(=O)CN2CCS(=O)(=O)CC2)cc1S(=O)(=O)N(C)C. The third kappa shape index (κ3) is 5.00. The van der Waals surface area contributed by atoms with E-state index in [4.69, 9.17) is 0 Å². The van der Waals surface area contributed by atoms with Gasteiger partial charge in [0.1, 0.15) is 0 Å². The van der Waals surface area contributed by atoms with Crippen molar-refractivity contribution in [2.45, 2.75) is 11.8 Å². The molecule has 8 nitrogen and oxygen atoms in total. The minimum atomic E-state index is -3.60. The van der Waals surface area contributed by atoms with Gasteiger partial charge in [-0.25, -0.2) is 21.1 Å². The number of amides is 1. The summed E-state index contributed by atoms with van der Waals surface area (Å²) in [6.45, 7) is 2.41. The summed E-state index contributed by atoms with van der Waals surface area (Å²) in [6.07, 6.45) is 0. The van der Waals surface area contributed by atoms with Gasteiger partial charge in [0.2, 0.25) is 15.9 Å². The first kappa shape index (κ1) is 19.8. The molecule has 1 heterocycles. The molecule has 0 radical (unpaired) electrons. The second-order valence-electron chi connectivity index (χ2n) is 6.24. The molecule has 1 aromatic rings. The zero-order valence-electron chi connectivity index (χ0n) is 14.5. The van der Waals surface area contributed by atoms with E-state index in [1.807, 2.05) is 0 Å². The molecule has 1 aliphatic rings. The number of nitrogens with zero attached hydrogens (tertiary/aromatic N) is 2. The van der Waals surface area contributed by atoms with Crippen LogP contribution in [0.15, 0.2) is 23.1 Å². The lowest BCUT2D eigenvalue weighted by Crippen LogP contribution is -2.43. The van der Waals surface area contributed by atoms with Gasteiger partial charge in [-0.2, -0.15) is 0 Å². The van der Waals surface area contributed by atoms with Crippen LogP contribution in [0.2, 0.25) is 0 Å². The van der Waals surface area contributed by atoms with E-state index in [-0.39, 0.29) is 28.9 Å². The van der Waals surface area contributed by atoms with Crippen molar-refractivity contribution in [3.05, 3.63) is 23.8 Å². The highest BCUT2D eigenvalue weighted by Crippen LogP contribution is 2.22. The van der Waals surface area contributed by atoms with Crippen LogP contribution in [0.3, 0.4) is 0 Å². The molecule has 10 heteroatoms. The molecular formula is C15H23N3O5S2. The van der Waals surface area contributed by atoms with Crippen LogP contribution in [0.5, 0.6) is 0 Å². The third-order valence-electron chi connectivity index (χ3n) is 4.03. The molecule has 1 aromatic carbocycles. The van der Waals surface area contributed by atoms with Crippen LogP contribution in [0, 0.1) is 6.92 Å². The van der Waals surface area contributed by atoms with E-state index >= 15 is 0 Å². The van der Waals surface area contributed by atoms with Gasteiger partial charge < -0.3 is 5.32 Å². The number of carbonyl (C=O) groups is 1. The number of carbonyl (C=O) groups excluding carboxylic acids is 1. The second-order valence-corrected chi connectivity index (χ2v) is 10.7. The number of hydrogen-bond donors (Lipinski definition) is 1. The van der Waals surface area contributed by atoms with Crippen molar-refractivity contribution in [3.63, 3.8) is 0 Å². The lowest BCUT2D eigenvalue weighted by atomic mass is 10.2. The molecule has 0 bridgehead atoms. The minimum Gasteiger partial charge on any atom is -0.325 e. The maximum Gasteiger partial charge on any atom is 0.242 e. The summed E-state index contributed by atoms with van der Waals surface area (Å²) in [5, 5.41) is 2.68. The predicted octanol–water partition coefficient (Wildman–Crippen LogP) is -0.0858. The molecule has 140 valence electrons. The van der Waals surface area contributed by atoms with E-state index in [1.54, 1.807) is 24.0 Å². The van der Waals surface area contributed by atoms with Gasteiger partial charge in [0.15, 0.2) is 9.84 Å². The van der Waals surface area contributed by atoms with E-state index in [0.717, 1.165) is 4.31 Å². The number of aryl methyl sites for hydroxylation is 1. The van der Waals surface area contributed by atoms with Gasteiger partial charge in [-0.1, -0.05) is 6.07 Å². The Balaban J connectivity index is 2.07. The highest BCUT2D eigenvalue weighted by atomic mass is 32.2. The third-order valence-corrected chi connectivity index (χ3v) is 7.60. The number of sulfonamides is 1. The van der Waals surface area contributed by atoms with E-state index < -0.39 is 19.9 Å². The molecular weight excluding hydrogens is 366 g/mol. The minimum absolute atomic E-state index is 0.0516. The lowest BCUT2D eigenvalue weighted by molar-refractivity contribution is -0.117. The Bertz CT molecular complexity index is 849. The number of benzene rings is 1. The van der Waals surface area contributed by atoms with E-state index in [0.29, 0.717) is 24.3 Å². The van der Waals surface area contributed by atoms with Gasteiger partial charge in [0.05, 0.1) is 22.9 Å². The van der Waals surface area contributed by atoms with Crippen LogP contribution in [-0.2, 0) is 24.7 Å². The van der Waals surface area contributed by atoms with Crippen LogP contribution in [0.4, 0.5) is 5.69 Å². The van der Waals surface area contributed by atoms with Gasteiger partial charge in [-0.3, -0.25) is 9.69 Å². The van der Waals surface area contributed by atoms with Crippen molar-refractivity contribution in [1.29, 1.82) is 0 Å². The van der Waals surface area contributed by atoms with Gasteiger partial charge in [-0.15, -0.1) is 0 Å². The molecule has 1 amide bonds. The van der Waals surface area contributed by atoms with E-state index in [9.17, 15) is 21.6 Å². The Morgan fingerprint density at radius 3 is 2.40 bits per heavy atom. The fraction of sp³-hybridized carbons (Fsp3) is 0.533. The summed E-state index contributed by atoms with van der Waals surface area (Å²) in [4.78, 5) is 14.1. The van der Waals surface area contributed by atoms with Crippen molar-refractivity contribution in [2.75, 3.05) is 50.6 Å². The summed E-state index contributed by atoms with van der Waals surface area (Å²) >= 11 is 0. The zero-order chi connectivity index (χ0) is 18.8. The summed E-state index contributed by atoms with van der Waals surface area (Å²) in [5.74, 6) is -0.206. The van der Waals surface area contributed by atoms with Crippen LogP contribution in [0.25, 0.3) is 0 Å². The average molecular weight is 389 g/mol. The number of hydrogen-bond acceptors (Lipinski definition) is 6. The van der Waals surface area contributed by atoms with Crippen LogP contribution < -0.4 is 5.32 Å². The summed E-state index contributed by atoms with van der Waals surface area (Å²) in [6, 6.07) is 4.71. The largest absolute Gasteiger partial charge is 0.325 e. The van der Waals surface area contributed by atoms with E-state index in [2.05, 4.69) is 5.32 Å². The number of sulfone groups is 1. The van der Waals surface area contributed by atoms with Crippen molar-refractivity contribution >= 4 is 31.5 Å². The molecule has 0 spiro atoms. The fourth-order valence-electron chi connectivity index (χ4n) is 2.46. The molecule has 1 N–H and O–H groups in total. The van der Waals surface area contributed by atoms with Crippen LogP contribution >= 0.6 is 0 Å². The molecule has 0 unspecified atom stereocenters. The second kappa shape index (κ2) is 7.40. The van der Waals surface area contributed by atoms with Crippen molar-refractivity contribution in [1.82, 2.24) is 9.21 Å². The van der Waals surface area contributed by atoms with Crippen molar-refractivity contribution < 1.29 is 21.6 Å². The predicted molar refractivity (Wildman–Crippen MR) is 95.8 cm³/mol. The Hall–Kier alpha value is -1.49. The number of anilines is 1. The molecule has 25 heavy (non-hydrogen) atoms. The average Bonchev–Trinajstić information content (AvgIpc) is 2.51. The molecule has 0 atom stereocenters. The highest BCUT2D eigenvalue weighted by Gasteiger charge is 2.24. The number of rotatable bonds is 5. The van der Waals surface area contributed by atoms with Gasteiger partial charge in [0, 0.05) is 32.9 Å². The quantitative estimate of drug-likeness (QED) is 0.755. The first-order valence-electron chi connectivity index (χ1n) is 7.77. The van der Waals surface area contributed by atoms with Crippen LogP contribution in [0.1, 0.15) is 5.56 Å². The first-order valence-corrected chi connectivity index (χ1v) is 11.0. The Kier molecular flexibility index (Phi) is 5.87. The monoisotopic (exact) mass is 389 g/mol. The Morgan fingerprint density at radius 2 is 1.84 bits per heavy atom.